The number of rotatable bonds is 6. The van der Waals surface area contributed by atoms with E-state index in [1.54, 1.807) is 17.0 Å². The number of halogens is 1. The number of hydrogen-bond acceptors (Lipinski definition) is 3. The van der Waals surface area contributed by atoms with Crippen LogP contribution in [0.1, 0.15) is 51.0 Å². The van der Waals surface area contributed by atoms with Gasteiger partial charge in [-0.05, 0) is 43.4 Å². The van der Waals surface area contributed by atoms with Gasteiger partial charge >= 0.3 is 0 Å². The topological polar surface area (TPSA) is 58.6 Å². The van der Waals surface area contributed by atoms with Crippen molar-refractivity contribution in [1.29, 1.82) is 0 Å². The van der Waals surface area contributed by atoms with Gasteiger partial charge in [0.1, 0.15) is 12.6 Å². The van der Waals surface area contributed by atoms with E-state index in [4.69, 9.17) is 16.3 Å². The summed E-state index contributed by atoms with van der Waals surface area (Å²) in [4.78, 5) is 27.1. The number of hydrogen-bond donors (Lipinski definition) is 1. The van der Waals surface area contributed by atoms with E-state index in [1.807, 2.05) is 18.2 Å². The van der Waals surface area contributed by atoms with E-state index >= 15 is 0 Å². The van der Waals surface area contributed by atoms with Crippen LogP contribution < -0.4 is 5.32 Å². The number of unbranched alkanes of at least 4 members (excludes halogenated alkanes) is 1. The molecular formula is C21H27ClN2O3. The van der Waals surface area contributed by atoms with Crippen LogP contribution in [0.3, 0.4) is 0 Å². The molecule has 1 aromatic rings. The van der Waals surface area contributed by atoms with Gasteiger partial charge < -0.3 is 15.0 Å². The Morgan fingerprint density at radius 3 is 2.89 bits per heavy atom. The second-order valence-electron chi connectivity index (χ2n) is 7.17. The molecule has 2 fully saturated rings. The quantitative estimate of drug-likeness (QED) is 0.594. The third kappa shape index (κ3) is 4.83. The second-order valence-corrected chi connectivity index (χ2v) is 7.58. The molecule has 1 saturated carbocycles. The fraction of sp³-hybridized carbons (Fsp3) is 0.524. The van der Waals surface area contributed by atoms with Gasteiger partial charge in [0.2, 0.25) is 5.91 Å². The third-order valence-corrected chi connectivity index (χ3v) is 5.52. The fourth-order valence-corrected chi connectivity index (χ4v) is 3.90. The first-order chi connectivity index (χ1) is 13.1. The van der Waals surface area contributed by atoms with Crippen molar-refractivity contribution < 1.29 is 14.3 Å². The van der Waals surface area contributed by atoms with Crippen LogP contribution >= 0.6 is 11.6 Å². The maximum absolute atomic E-state index is 13.1. The molecule has 3 rings (SSSR count). The van der Waals surface area contributed by atoms with Gasteiger partial charge in [-0.3, -0.25) is 9.59 Å². The number of ether oxygens (including phenoxy) is 1. The zero-order chi connectivity index (χ0) is 19.2. The highest BCUT2D eigenvalue weighted by Crippen LogP contribution is 2.33. The van der Waals surface area contributed by atoms with Crippen molar-refractivity contribution in [2.45, 2.75) is 57.6 Å². The predicted molar refractivity (Wildman–Crippen MR) is 106 cm³/mol. The molecular weight excluding hydrogens is 364 g/mol. The van der Waals surface area contributed by atoms with Crippen LogP contribution in [0.4, 0.5) is 0 Å². The molecule has 2 amide bonds. The average molecular weight is 391 g/mol. The number of amides is 2. The van der Waals surface area contributed by atoms with E-state index in [0.29, 0.717) is 11.6 Å². The van der Waals surface area contributed by atoms with Crippen LogP contribution in [0.2, 0.25) is 5.02 Å². The predicted octanol–water partition coefficient (Wildman–Crippen LogP) is 3.77. The summed E-state index contributed by atoms with van der Waals surface area (Å²) in [6, 6.07) is 7.31. The highest BCUT2D eigenvalue weighted by Gasteiger charge is 2.42. The van der Waals surface area contributed by atoms with E-state index in [9.17, 15) is 9.59 Å². The standard InChI is InChI=1S/C21H27ClN2O3/c1-2-3-12-23-20(25)14-24-17-10-6-7-11-18(17)27-19(21(24)26)13-15-8-4-5-9-16(15)22/h4-5,8-9,13,17-18H,2-3,6-7,10-12,14H2,1H3,(H,23,25)/b19-13+. The minimum Gasteiger partial charge on any atom is -0.482 e. The number of fused-ring (bicyclic) bond motifs is 1. The highest BCUT2D eigenvalue weighted by atomic mass is 35.5. The SMILES string of the molecule is CCCCNC(=O)CN1C(=O)/C(=C\c2ccccc2Cl)OC2CCCCC21. The van der Waals surface area contributed by atoms with Gasteiger partial charge in [-0.15, -0.1) is 0 Å². The molecule has 5 nitrogen and oxygen atoms in total. The van der Waals surface area contributed by atoms with E-state index in [2.05, 4.69) is 12.2 Å². The lowest BCUT2D eigenvalue weighted by atomic mass is 9.89. The Morgan fingerprint density at radius 1 is 1.33 bits per heavy atom. The fourth-order valence-electron chi connectivity index (χ4n) is 3.71. The van der Waals surface area contributed by atoms with Crippen LogP contribution in [0.25, 0.3) is 6.08 Å². The maximum Gasteiger partial charge on any atom is 0.289 e. The lowest BCUT2D eigenvalue weighted by Gasteiger charge is -2.44. The van der Waals surface area contributed by atoms with Crippen molar-refractivity contribution >= 4 is 29.5 Å². The summed E-state index contributed by atoms with van der Waals surface area (Å²) in [5.41, 5.74) is 0.740. The van der Waals surface area contributed by atoms with E-state index < -0.39 is 0 Å². The van der Waals surface area contributed by atoms with Crippen molar-refractivity contribution in [3.63, 3.8) is 0 Å². The zero-order valence-electron chi connectivity index (χ0n) is 15.7. The Hall–Kier alpha value is -2.01. The zero-order valence-corrected chi connectivity index (χ0v) is 16.5. The molecule has 1 saturated heterocycles. The Bertz CT molecular complexity index is 719. The molecule has 0 bridgehead atoms. The van der Waals surface area contributed by atoms with Crippen LogP contribution in [-0.4, -0.2) is 41.9 Å². The molecule has 2 aliphatic rings. The number of nitrogens with zero attached hydrogens (tertiary/aromatic N) is 1. The van der Waals surface area contributed by atoms with Crippen LogP contribution in [0.15, 0.2) is 30.0 Å². The normalized spacial score (nSPS) is 23.7. The average Bonchev–Trinajstić information content (AvgIpc) is 2.67. The summed E-state index contributed by atoms with van der Waals surface area (Å²) in [7, 11) is 0. The minimum absolute atomic E-state index is 0.0356. The Morgan fingerprint density at radius 2 is 2.11 bits per heavy atom. The highest BCUT2D eigenvalue weighted by molar-refractivity contribution is 6.32. The number of carbonyl (C=O) groups is 2. The minimum atomic E-state index is -0.233. The number of benzene rings is 1. The lowest BCUT2D eigenvalue weighted by molar-refractivity contribution is -0.151. The molecule has 0 aromatic heterocycles. The van der Waals surface area contributed by atoms with Gasteiger partial charge in [0.25, 0.3) is 5.91 Å². The van der Waals surface area contributed by atoms with Gasteiger partial charge in [0.15, 0.2) is 5.76 Å². The molecule has 0 spiro atoms. The van der Waals surface area contributed by atoms with Crippen LogP contribution in [0.5, 0.6) is 0 Å². The summed E-state index contributed by atoms with van der Waals surface area (Å²) < 4.78 is 6.05. The smallest absolute Gasteiger partial charge is 0.289 e. The van der Waals surface area contributed by atoms with E-state index in [0.717, 1.165) is 44.1 Å². The number of morpholine rings is 1. The number of nitrogens with one attached hydrogen (secondary N) is 1. The first-order valence-corrected chi connectivity index (χ1v) is 10.2. The van der Waals surface area contributed by atoms with E-state index in [1.165, 1.54) is 0 Å². The first kappa shape index (κ1) is 19.7. The van der Waals surface area contributed by atoms with Crippen molar-refractivity contribution in [3.05, 3.63) is 40.6 Å². The van der Waals surface area contributed by atoms with Gasteiger partial charge in [0, 0.05) is 11.6 Å². The van der Waals surface area contributed by atoms with Gasteiger partial charge in [0.05, 0.1) is 6.04 Å². The Kier molecular flexibility index (Phi) is 6.78. The molecule has 0 radical (unpaired) electrons. The van der Waals surface area contributed by atoms with Crippen LogP contribution in [-0.2, 0) is 14.3 Å². The van der Waals surface area contributed by atoms with Crippen LogP contribution in [0, 0.1) is 0 Å². The molecule has 2 unspecified atom stereocenters. The molecule has 1 aromatic carbocycles. The summed E-state index contributed by atoms with van der Waals surface area (Å²) in [6.45, 7) is 2.80. The van der Waals surface area contributed by atoms with Gasteiger partial charge in [-0.1, -0.05) is 49.6 Å². The molecule has 2 atom stereocenters. The summed E-state index contributed by atoms with van der Waals surface area (Å²) in [6.07, 6.45) is 7.48. The summed E-state index contributed by atoms with van der Waals surface area (Å²) in [5.74, 6) is -0.0727. The second kappa shape index (κ2) is 9.27. The van der Waals surface area contributed by atoms with Crippen molar-refractivity contribution in [2.75, 3.05) is 13.1 Å². The lowest BCUT2D eigenvalue weighted by Crippen LogP contribution is -2.57. The third-order valence-electron chi connectivity index (χ3n) is 5.18. The summed E-state index contributed by atoms with van der Waals surface area (Å²) >= 11 is 6.23. The van der Waals surface area contributed by atoms with Crippen molar-refractivity contribution in [3.8, 4) is 0 Å². The molecule has 27 heavy (non-hydrogen) atoms. The molecule has 6 heteroatoms. The van der Waals surface area contributed by atoms with E-state index in [-0.39, 0.29) is 36.3 Å². The summed E-state index contributed by atoms with van der Waals surface area (Å²) in [5, 5.41) is 3.47. The first-order valence-electron chi connectivity index (χ1n) is 9.80. The molecule has 146 valence electrons. The maximum atomic E-state index is 13.1. The Balaban J connectivity index is 1.80. The van der Waals surface area contributed by atoms with Gasteiger partial charge in [-0.25, -0.2) is 0 Å². The number of carbonyl (C=O) groups excluding carboxylic acids is 2. The molecule has 1 aliphatic carbocycles. The molecule has 1 heterocycles. The Labute approximate surface area is 165 Å². The molecule has 1 aliphatic heterocycles. The van der Waals surface area contributed by atoms with Crippen molar-refractivity contribution in [2.24, 2.45) is 0 Å². The largest absolute Gasteiger partial charge is 0.482 e. The molecule has 1 N–H and O–H groups in total. The van der Waals surface area contributed by atoms with Gasteiger partial charge in [-0.2, -0.15) is 0 Å². The monoisotopic (exact) mass is 390 g/mol. The van der Waals surface area contributed by atoms with Crippen molar-refractivity contribution in [1.82, 2.24) is 10.2 Å².